The molecule has 3 rings (SSSR count). The first kappa shape index (κ1) is 17.7. The largest absolute Gasteiger partial charge is 0.462 e. The lowest BCUT2D eigenvalue weighted by Crippen LogP contribution is -2.14. The van der Waals surface area contributed by atoms with E-state index in [0.717, 1.165) is 0 Å². The number of nitrogens with one attached hydrogen (secondary N) is 2. The summed E-state index contributed by atoms with van der Waals surface area (Å²) in [6.45, 7) is 2.17. The number of hydrogen-bond acceptors (Lipinski definition) is 4. The smallest absolute Gasteiger partial charge is 0.340 e. The Balaban J connectivity index is 1.92. The lowest BCUT2D eigenvalue weighted by atomic mass is 9.93. The van der Waals surface area contributed by atoms with Crippen LogP contribution in [0.15, 0.2) is 22.7 Å². The number of esters is 1. The number of hydrogen-bond donors (Lipinski definition) is 2. The number of anilines is 1. The van der Waals surface area contributed by atoms with Crippen LogP contribution in [0.3, 0.4) is 0 Å². The molecule has 25 heavy (non-hydrogen) atoms. The number of rotatable bonds is 5. The predicted molar refractivity (Wildman–Crippen MR) is 95.4 cm³/mol. The van der Waals surface area contributed by atoms with Gasteiger partial charge in [0.1, 0.15) is 5.82 Å². The molecule has 0 saturated carbocycles. The Morgan fingerprint density at radius 2 is 2.20 bits per heavy atom. The Morgan fingerprint density at radius 1 is 1.40 bits per heavy atom. The average molecular weight is 409 g/mol. The molecule has 0 unspecified atom stereocenters. The van der Waals surface area contributed by atoms with Gasteiger partial charge in [-0.3, -0.25) is 4.79 Å². The van der Waals surface area contributed by atoms with Gasteiger partial charge in [-0.15, -0.1) is 0 Å². The van der Waals surface area contributed by atoms with Crippen LogP contribution in [0.25, 0.3) is 0 Å². The fraction of sp³-hybridized carbons (Fsp3) is 0.333. The summed E-state index contributed by atoms with van der Waals surface area (Å²) in [6.07, 6.45) is 1.83. The third-order valence-corrected chi connectivity index (χ3v) is 4.65. The standard InChI is InChI=1S/C18H18BrFN2O3/c1-2-25-18(24)16-11-4-3-5-15(23)17(11)22-14(16)9-21-13-7-6-10(19)8-12(13)20/h6-8,21-22H,2-5,9H2,1H3. The van der Waals surface area contributed by atoms with Crippen LogP contribution >= 0.6 is 15.9 Å². The van der Waals surface area contributed by atoms with Crippen LogP contribution in [0, 0.1) is 5.82 Å². The summed E-state index contributed by atoms with van der Waals surface area (Å²) >= 11 is 3.21. The lowest BCUT2D eigenvalue weighted by molar-refractivity contribution is 0.0524. The molecule has 132 valence electrons. The number of carbonyl (C=O) groups is 2. The maximum absolute atomic E-state index is 14.0. The van der Waals surface area contributed by atoms with Gasteiger partial charge < -0.3 is 15.0 Å². The molecule has 7 heteroatoms. The van der Waals surface area contributed by atoms with E-state index >= 15 is 0 Å². The number of Topliss-reactive ketones (excluding diaryl/α,β-unsaturated/α-hetero) is 1. The van der Waals surface area contributed by atoms with E-state index in [9.17, 15) is 14.0 Å². The van der Waals surface area contributed by atoms with E-state index in [1.54, 1.807) is 19.1 Å². The van der Waals surface area contributed by atoms with Gasteiger partial charge in [-0.25, -0.2) is 9.18 Å². The molecule has 1 aromatic heterocycles. The van der Waals surface area contributed by atoms with Crippen molar-refractivity contribution in [1.82, 2.24) is 4.98 Å². The number of halogens is 2. The normalized spacial score (nSPS) is 13.5. The second-order valence-electron chi connectivity index (χ2n) is 5.81. The van der Waals surface area contributed by atoms with Gasteiger partial charge in [0.05, 0.1) is 30.1 Å². The van der Waals surface area contributed by atoms with Crippen LogP contribution in [0.2, 0.25) is 0 Å². The van der Waals surface area contributed by atoms with Crippen LogP contribution in [0.1, 0.15) is 51.9 Å². The molecule has 0 fully saturated rings. The maximum Gasteiger partial charge on any atom is 0.340 e. The van der Waals surface area contributed by atoms with Gasteiger partial charge in [0.25, 0.3) is 0 Å². The molecule has 0 radical (unpaired) electrons. The van der Waals surface area contributed by atoms with E-state index in [1.807, 2.05) is 0 Å². The molecule has 1 aliphatic carbocycles. The summed E-state index contributed by atoms with van der Waals surface area (Å²) in [4.78, 5) is 27.5. The number of fused-ring (bicyclic) bond motifs is 1. The van der Waals surface area contributed by atoms with Crippen molar-refractivity contribution in [3.05, 3.63) is 51.0 Å². The van der Waals surface area contributed by atoms with Gasteiger partial charge in [0.2, 0.25) is 0 Å². The average Bonchev–Trinajstić information content (AvgIpc) is 2.94. The Kier molecular flexibility index (Phi) is 5.22. The minimum Gasteiger partial charge on any atom is -0.462 e. The van der Waals surface area contributed by atoms with Crippen molar-refractivity contribution < 1.29 is 18.7 Å². The Hall–Kier alpha value is -2.15. The fourth-order valence-corrected chi connectivity index (χ4v) is 3.37. The van der Waals surface area contributed by atoms with Gasteiger partial charge in [-0.2, -0.15) is 0 Å². The van der Waals surface area contributed by atoms with Gasteiger partial charge >= 0.3 is 5.97 Å². The maximum atomic E-state index is 14.0. The lowest BCUT2D eigenvalue weighted by Gasteiger charge is -2.12. The summed E-state index contributed by atoms with van der Waals surface area (Å²) in [6, 6.07) is 4.69. The minimum absolute atomic E-state index is 0.00660. The van der Waals surface area contributed by atoms with Crippen LogP contribution in [0.4, 0.5) is 10.1 Å². The van der Waals surface area contributed by atoms with Gasteiger partial charge in [-0.1, -0.05) is 15.9 Å². The molecular weight excluding hydrogens is 391 g/mol. The second-order valence-corrected chi connectivity index (χ2v) is 6.72. The first-order valence-electron chi connectivity index (χ1n) is 8.14. The monoisotopic (exact) mass is 408 g/mol. The quantitative estimate of drug-likeness (QED) is 0.726. The first-order valence-corrected chi connectivity index (χ1v) is 8.93. The number of aromatic amines is 1. The second kappa shape index (κ2) is 7.39. The highest BCUT2D eigenvalue weighted by atomic mass is 79.9. The SMILES string of the molecule is CCOC(=O)c1c(CNc2ccc(Br)cc2F)[nH]c2c1CCCC2=O. The van der Waals surface area contributed by atoms with Crippen molar-refractivity contribution in [2.24, 2.45) is 0 Å². The Labute approximate surface area is 153 Å². The van der Waals surface area contributed by atoms with Crippen molar-refractivity contribution in [2.45, 2.75) is 32.7 Å². The van der Waals surface area contributed by atoms with Crippen LogP contribution in [-0.4, -0.2) is 23.3 Å². The van der Waals surface area contributed by atoms with Gasteiger partial charge in [0.15, 0.2) is 5.78 Å². The summed E-state index contributed by atoms with van der Waals surface area (Å²) < 4.78 is 19.8. The first-order chi connectivity index (χ1) is 12.0. The summed E-state index contributed by atoms with van der Waals surface area (Å²) in [5, 5.41) is 2.97. The molecule has 0 spiro atoms. The highest BCUT2D eigenvalue weighted by molar-refractivity contribution is 9.10. The number of aromatic nitrogens is 1. The van der Waals surface area contributed by atoms with Crippen molar-refractivity contribution in [3.8, 4) is 0 Å². The number of benzene rings is 1. The molecule has 5 nitrogen and oxygen atoms in total. The number of carbonyl (C=O) groups excluding carboxylic acids is 2. The molecule has 0 atom stereocenters. The topological polar surface area (TPSA) is 71.2 Å². The molecule has 0 amide bonds. The zero-order valence-corrected chi connectivity index (χ0v) is 15.3. The van der Waals surface area contributed by atoms with Crippen LogP contribution < -0.4 is 5.32 Å². The summed E-state index contributed by atoms with van der Waals surface area (Å²) in [5.41, 5.74) is 2.44. The van der Waals surface area contributed by atoms with E-state index in [2.05, 4.69) is 26.2 Å². The molecule has 1 heterocycles. The molecule has 0 aliphatic heterocycles. The molecule has 2 aromatic rings. The third kappa shape index (κ3) is 3.61. The van der Waals surface area contributed by atoms with Crippen molar-refractivity contribution in [2.75, 3.05) is 11.9 Å². The molecule has 1 aliphatic rings. The van der Waals surface area contributed by atoms with Gasteiger partial charge in [-0.05, 0) is 43.5 Å². The number of ketones is 1. The van der Waals surface area contributed by atoms with Crippen LogP contribution in [-0.2, 0) is 17.7 Å². The molecular formula is C18H18BrFN2O3. The van der Waals surface area contributed by atoms with Crippen molar-refractivity contribution in [3.63, 3.8) is 0 Å². The number of ether oxygens (including phenoxy) is 1. The van der Waals surface area contributed by atoms with Crippen molar-refractivity contribution >= 4 is 33.4 Å². The molecule has 0 bridgehead atoms. The molecule has 1 aromatic carbocycles. The Morgan fingerprint density at radius 3 is 2.92 bits per heavy atom. The summed E-state index contributed by atoms with van der Waals surface area (Å²) in [7, 11) is 0. The van der Waals surface area contributed by atoms with Gasteiger partial charge in [0, 0.05) is 16.6 Å². The Bertz CT molecular complexity index is 832. The third-order valence-electron chi connectivity index (χ3n) is 4.16. The number of H-pyrrole nitrogens is 1. The highest BCUT2D eigenvalue weighted by Crippen LogP contribution is 2.29. The van der Waals surface area contributed by atoms with E-state index in [1.165, 1.54) is 6.07 Å². The van der Waals surface area contributed by atoms with Crippen LogP contribution in [0.5, 0.6) is 0 Å². The predicted octanol–water partition coefficient (Wildman–Crippen LogP) is 4.22. The van der Waals surface area contributed by atoms with Crippen molar-refractivity contribution in [1.29, 1.82) is 0 Å². The molecule has 2 N–H and O–H groups in total. The van der Waals surface area contributed by atoms with E-state index in [4.69, 9.17) is 4.74 Å². The van der Waals surface area contributed by atoms with E-state index in [-0.39, 0.29) is 18.9 Å². The zero-order valence-electron chi connectivity index (χ0n) is 13.7. The summed E-state index contributed by atoms with van der Waals surface area (Å²) in [5.74, 6) is -0.866. The fourth-order valence-electron chi connectivity index (χ4n) is 3.03. The molecule has 0 saturated heterocycles. The minimum atomic E-state index is -0.456. The van der Waals surface area contributed by atoms with E-state index < -0.39 is 11.8 Å². The van der Waals surface area contributed by atoms with E-state index in [0.29, 0.717) is 51.9 Å². The zero-order chi connectivity index (χ0) is 18.0. The highest BCUT2D eigenvalue weighted by Gasteiger charge is 2.29.